The molecule has 0 saturated heterocycles. The smallest absolute Gasteiger partial charge is 0.322 e. The zero-order chi connectivity index (χ0) is 16.2. The molecule has 0 bridgehead atoms. The largest absolute Gasteiger partial charge is 0.480 e. The number of hydrogen-bond acceptors (Lipinski definition) is 5. The van der Waals surface area contributed by atoms with Gasteiger partial charge in [0.1, 0.15) is 6.04 Å². The molecule has 8 nitrogen and oxygen atoms in total. The van der Waals surface area contributed by atoms with Gasteiger partial charge in [0, 0.05) is 5.56 Å². The van der Waals surface area contributed by atoms with Crippen molar-refractivity contribution in [3.05, 3.63) is 29.8 Å². The first-order valence-corrected chi connectivity index (χ1v) is 7.26. The number of nitrogens with one attached hydrogen (secondary N) is 1. The van der Waals surface area contributed by atoms with Crippen LogP contribution in [0.2, 0.25) is 0 Å². The predicted octanol–water partition coefficient (Wildman–Crippen LogP) is -0.504. The molecule has 1 amide bonds. The number of carboxylic acids is 1. The maximum atomic E-state index is 12.0. The third-order valence-corrected chi connectivity index (χ3v) is 4.06. The summed E-state index contributed by atoms with van der Waals surface area (Å²) in [6.45, 7) is 1.33. The van der Waals surface area contributed by atoms with Crippen molar-refractivity contribution in [3.8, 4) is 0 Å². The lowest BCUT2D eigenvalue weighted by Gasteiger charge is -2.13. The van der Waals surface area contributed by atoms with Crippen molar-refractivity contribution in [1.29, 1.82) is 0 Å². The van der Waals surface area contributed by atoms with Crippen LogP contribution in [0, 0.1) is 0 Å². The molecule has 1 aromatic carbocycles. The van der Waals surface area contributed by atoms with Gasteiger partial charge in [-0.3, -0.25) is 14.4 Å². The molecule has 4 N–H and O–H groups in total. The number of aliphatic carboxylic acids is 1. The summed E-state index contributed by atoms with van der Waals surface area (Å²) in [5, 5.41) is 8.87. The fourth-order valence-corrected chi connectivity index (χ4v) is 2.69. The standard InChI is InChI=1S/C12H14N2O6S/c1-7(15)8-2-4-9(5-3-8)21(19,20)14-10(12(17)18)6-11(13)16/h2-5,10,14H,6H2,1H3,(H2,13,16)(H,17,18). The highest BCUT2D eigenvalue weighted by molar-refractivity contribution is 7.89. The lowest BCUT2D eigenvalue weighted by Crippen LogP contribution is -2.43. The summed E-state index contributed by atoms with van der Waals surface area (Å²) >= 11 is 0. The number of carbonyl (C=O) groups is 3. The first kappa shape index (κ1) is 16.8. The van der Waals surface area contributed by atoms with Gasteiger partial charge >= 0.3 is 5.97 Å². The molecule has 0 spiro atoms. The fourth-order valence-electron chi connectivity index (χ4n) is 1.50. The Morgan fingerprint density at radius 2 is 1.76 bits per heavy atom. The summed E-state index contributed by atoms with van der Waals surface area (Å²) in [5.41, 5.74) is 5.19. The second kappa shape index (κ2) is 6.46. The Balaban J connectivity index is 3.01. The summed E-state index contributed by atoms with van der Waals surface area (Å²) in [4.78, 5) is 32.5. The molecule has 0 aliphatic carbocycles. The van der Waals surface area contributed by atoms with Crippen molar-refractivity contribution in [2.75, 3.05) is 0 Å². The van der Waals surface area contributed by atoms with E-state index in [-0.39, 0.29) is 10.7 Å². The highest BCUT2D eigenvalue weighted by atomic mass is 32.2. The first-order valence-electron chi connectivity index (χ1n) is 5.78. The Bertz CT molecular complexity index is 665. The van der Waals surface area contributed by atoms with E-state index in [1.54, 1.807) is 0 Å². The Morgan fingerprint density at radius 3 is 2.14 bits per heavy atom. The molecule has 0 aromatic heterocycles. The summed E-state index contributed by atoms with van der Waals surface area (Å²) in [5.74, 6) is -2.70. The van der Waals surface area contributed by atoms with Crippen LogP contribution in [0.4, 0.5) is 0 Å². The molecular weight excluding hydrogens is 300 g/mol. The summed E-state index contributed by atoms with van der Waals surface area (Å²) in [6, 6.07) is 3.30. The molecule has 0 fully saturated rings. The van der Waals surface area contributed by atoms with Gasteiger partial charge in [0.2, 0.25) is 15.9 Å². The number of hydrogen-bond donors (Lipinski definition) is 3. The van der Waals surface area contributed by atoms with Crippen LogP contribution in [0.3, 0.4) is 0 Å². The van der Waals surface area contributed by atoms with Crippen LogP contribution < -0.4 is 10.5 Å². The normalized spacial score (nSPS) is 12.6. The molecule has 1 rings (SSSR count). The summed E-state index contributed by atoms with van der Waals surface area (Å²) < 4.78 is 25.9. The highest BCUT2D eigenvalue weighted by Gasteiger charge is 2.26. The molecule has 0 aliphatic rings. The maximum absolute atomic E-state index is 12.0. The number of Topliss-reactive ketones (excluding diaryl/α,β-unsaturated/α-hetero) is 1. The zero-order valence-corrected chi connectivity index (χ0v) is 11.9. The number of primary amides is 1. The Hall–Kier alpha value is -2.26. The van der Waals surface area contributed by atoms with Crippen LogP contribution >= 0.6 is 0 Å². The minimum atomic E-state index is -4.14. The third-order valence-electron chi connectivity index (χ3n) is 2.57. The van der Waals surface area contributed by atoms with Gasteiger partial charge in [-0.1, -0.05) is 12.1 Å². The average molecular weight is 314 g/mol. The van der Waals surface area contributed by atoms with Crippen molar-refractivity contribution >= 4 is 27.7 Å². The highest BCUT2D eigenvalue weighted by Crippen LogP contribution is 2.12. The number of carboxylic acid groups (broad SMARTS) is 1. The van der Waals surface area contributed by atoms with Crippen molar-refractivity contribution < 1.29 is 27.9 Å². The fraction of sp³-hybridized carbons (Fsp3) is 0.250. The quantitative estimate of drug-likeness (QED) is 0.578. The molecule has 21 heavy (non-hydrogen) atoms. The summed E-state index contributed by atoms with van der Waals surface area (Å²) in [6.07, 6.45) is -0.667. The van der Waals surface area contributed by atoms with Gasteiger partial charge in [0.15, 0.2) is 5.78 Å². The molecular formula is C12H14N2O6S. The lowest BCUT2D eigenvalue weighted by molar-refractivity contribution is -0.140. The molecule has 0 aliphatic heterocycles. The molecule has 0 radical (unpaired) electrons. The van der Waals surface area contributed by atoms with Crippen LogP contribution in [0.5, 0.6) is 0 Å². The van der Waals surface area contributed by atoms with Crippen molar-refractivity contribution in [1.82, 2.24) is 4.72 Å². The van der Waals surface area contributed by atoms with E-state index in [0.29, 0.717) is 5.56 Å². The van der Waals surface area contributed by atoms with Gasteiger partial charge in [-0.2, -0.15) is 4.72 Å². The number of ketones is 1. The Morgan fingerprint density at radius 1 is 1.24 bits per heavy atom. The maximum Gasteiger partial charge on any atom is 0.322 e. The minimum absolute atomic E-state index is 0.219. The number of amides is 1. The second-order valence-electron chi connectivity index (χ2n) is 4.26. The van der Waals surface area contributed by atoms with Crippen LogP contribution in [0.15, 0.2) is 29.2 Å². The van der Waals surface area contributed by atoms with Gasteiger partial charge in [0.05, 0.1) is 11.3 Å². The molecule has 1 unspecified atom stereocenters. The van der Waals surface area contributed by atoms with Crippen molar-refractivity contribution in [2.24, 2.45) is 5.73 Å². The van der Waals surface area contributed by atoms with E-state index in [1.165, 1.54) is 31.2 Å². The van der Waals surface area contributed by atoms with E-state index >= 15 is 0 Å². The molecule has 0 heterocycles. The molecule has 1 atom stereocenters. The molecule has 0 saturated carbocycles. The third kappa shape index (κ3) is 4.65. The van der Waals surface area contributed by atoms with Gasteiger partial charge in [-0.05, 0) is 19.1 Å². The van der Waals surface area contributed by atoms with Gasteiger partial charge in [0.25, 0.3) is 0 Å². The van der Waals surface area contributed by atoms with Crippen molar-refractivity contribution in [3.63, 3.8) is 0 Å². The van der Waals surface area contributed by atoms with E-state index < -0.39 is 34.4 Å². The topological polar surface area (TPSA) is 144 Å². The average Bonchev–Trinajstić information content (AvgIpc) is 2.37. The van der Waals surface area contributed by atoms with E-state index in [1.807, 2.05) is 4.72 Å². The Labute approximate surface area is 121 Å². The van der Waals surface area contributed by atoms with Gasteiger partial charge < -0.3 is 10.8 Å². The predicted molar refractivity (Wildman–Crippen MR) is 72.0 cm³/mol. The zero-order valence-electron chi connectivity index (χ0n) is 11.1. The number of benzene rings is 1. The SMILES string of the molecule is CC(=O)c1ccc(S(=O)(=O)NC(CC(N)=O)C(=O)O)cc1. The number of carbonyl (C=O) groups excluding carboxylic acids is 2. The van der Waals surface area contributed by atoms with Gasteiger partial charge in [-0.25, -0.2) is 8.42 Å². The van der Waals surface area contributed by atoms with E-state index in [2.05, 4.69) is 0 Å². The molecule has 1 aromatic rings. The minimum Gasteiger partial charge on any atom is -0.480 e. The van der Waals surface area contributed by atoms with Crippen LogP contribution in [-0.4, -0.2) is 37.2 Å². The number of sulfonamides is 1. The molecule has 9 heteroatoms. The second-order valence-corrected chi connectivity index (χ2v) is 5.98. The monoisotopic (exact) mass is 314 g/mol. The lowest BCUT2D eigenvalue weighted by atomic mass is 10.2. The van der Waals surface area contributed by atoms with Crippen molar-refractivity contribution in [2.45, 2.75) is 24.3 Å². The van der Waals surface area contributed by atoms with Gasteiger partial charge in [-0.15, -0.1) is 0 Å². The van der Waals surface area contributed by atoms with Crippen LogP contribution in [0.1, 0.15) is 23.7 Å². The summed E-state index contributed by atoms with van der Waals surface area (Å²) in [7, 11) is -4.14. The first-order chi connectivity index (χ1) is 9.63. The van der Waals surface area contributed by atoms with E-state index in [0.717, 1.165) is 0 Å². The number of nitrogens with two attached hydrogens (primary N) is 1. The van der Waals surface area contributed by atoms with Crippen LogP contribution in [-0.2, 0) is 19.6 Å². The number of rotatable bonds is 7. The van der Waals surface area contributed by atoms with E-state index in [9.17, 15) is 22.8 Å². The Kier molecular flexibility index (Phi) is 5.17. The van der Waals surface area contributed by atoms with E-state index in [4.69, 9.17) is 10.8 Å². The van der Waals surface area contributed by atoms with Crippen LogP contribution in [0.25, 0.3) is 0 Å². The molecule has 114 valence electrons.